The minimum absolute atomic E-state index is 0.553. The van der Waals surface area contributed by atoms with Gasteiger partial charge in [0.25, 0.3) is 0 Å². The molecule has 1 aromatic heterocycles. The van der Waals surface area contributed by atoms with Crippen molar-refractivity contribution in [3.05, 3.63) is 39.5 Å². The summed E-state index contributed by atoms with van der Waals surface area (Å²) < 4.78 is 1.95. The lowest BCUT2D eigenvalue weighted by atomic mass is 10.1. The highest BCUT2D eigenvalue weighted by molar-refractivity contribution is 9.13. The van der Waals surface area contributed by atoms with Gasteiger partial charge in [-0.15, -0.1) is 0 Å². The molecule has 0 bridgehead atoms. The van der Waals surface area contributed by atoms with Crippen LogP contribution in [0, 0.1) is 0 Å². The molecule has 0 spiro atoms. The van der Waals surface area contributed by atoms with Gasteiger partial charge in [-0.3, -0.25) is 4.98 Å². The highest BCUT2D eigenvalue weighted by Gasteiger charge is 2.07. The van der Waals surface area contributed by atoms with Crippen LogP contribution in [0.15, 0.2) is 39.5 Å². The number of hydrazine groups is 1. The molecule has 3 N–H and O–H groups in total. The number of aromatic nitrogens is 2. The maximum Gasteiger partial charge on any atom is 0.166 e. The van der Waals surface area contributed by atoms with Crippen LogP contribution in [0.5, 0.6) is 0 Å². The van der Waals surface area contributed by atoms with Crippen LogP contribution >= 0.6 is 31.9 Å². The number of rotatable bonds is 2. The lowest BCUT2D eigenvalue weighted by molar-refractivity contribution is 1.16. The van der Waals surface area contributed by atoms with E-state index in [1.807, 2.05) is 18.2 Å². The normalized spacial score (nSPS) is 10.2. The zero-order valence-electron chi connectivity index (χ0n) is 8.11. The van der Waals surface area contributed by atoms with E-state index in [1.54, 1.807) is 12.4 Å². The van der Waals surface area contributed by atoms with E-state index >= 15 is 0 Å². The topological polar surface area (TPSA) is 63.8 Å². The first-order valence-electron chi connectivity index (χ1n) is 4.45. The molecule has 0 amide bonds. The van der Waals surface area contributed by atoms with E-state index in [9.17, 15) is 0 Å². The maximum absolute atomic E-state index is 5.38. The largest absolute Gasteiger partial charge is 0.307 e. The van der Waals surface area contributed by atoms with Gasteiger partial charge in [0.05, 0.1) is 0 Å². The molecule has 0 aliphatic heterocycles. The van der Waals surface area contributed by atoms with Crippen LogP contribution in [0.25, 0.3) is 11.3 Å². The number of benzene rings is 1. The summed E-state index contributed by atoms with van der Waals surface area (Å²) in [7, 11) is 0. The Morgan fingerprint density at radius 1 is 1.06 bits per heavy atom. The summed E-state index contributed by atoms with van der Waals surface area (Å²) in [5, 5.41) is 0. The first kappa shape index (κ1) is 11.5. The molecular formula is C10H8Br2N4. The van der Waals surface area contributed by atoms with E-state index in [2.05, 4.69) is 47.3 Å². The van der Waals surface area contributed by atoms with Crippen molar-refractivity contribution in [2.24, 2.45) is 5.84 Å². The third-order valence-corrected chi connectivity index (χ3v) is 3.91. The number of hydrogen-bond acceptors (Lipinski definition) is 4. The minimum Gasteiger partial charge on any atom is -0.307 e. The zero-order valence-corrected chi connectivity index (χ0v) is 11.3. The SMILES string of the molecule is NNc1nccnc1-c1ccc(Br)c(Br)c1. The predicted octanol–water partition coefficient (Wildman–Crippen LogP) is 2.95. The number of hydrogen-bond donors (Lipinski definition) is 2. The highest BCUT2D eigenvalue weighted by atomic mass is 79.9. The first-order chi connectivity index (χ1) is 7.72. The molecule has 0 atom stereocenters. The average Bonchev–Trinajstić information content (AvgIpc) is 2.32. The second kappa shape index (κ2) is 4.90. The fourth-order valence-electron chi connectivity index (χ4n) is 1.30. The van der Waals surface area contributed by atoms with Crippen LogP contribution in [0.1, 0.15) is 0 Å². The molecule has 0 aliphatic carbocycles. The standard InChI is InChI=1S/C10H8Br2N4/c11-7-2-1-6(5-8(7)12)9-10(16-13)15-4-3-14-9/h1-5H,13H2,(H,15,16). The molecule has 4 nitrogen and oxygen atoms in total. The molecule has 0 unspecified atom stereocenters. The van der Waals surface area contributed by atoms with E-state index in [0.717, 1.165) is 20.2 Å². The van der Waals surface area contributed by atoms with Crippen molar-refractivity contribution in [1.29, 1.82) is 0 Å². The monoisotopic (exact) mass is 342 g/mol. The van der Waals surface area contributed by atoms with Crippen molar-refractivity contribution in [3.63, 3.8) is 0 Å². The Kier molecular flexibility index (Phi) is 3.52. The van der Waals surface area contributed by atoms with E-state index in [-0.39, 0.29) is 0 Å². The van der Waals surface area contributed by atoms with Crippen molar-refractivity contribution in [1.82, 2.24) is 9.97 Å². The Hall–Kier alpha value is -0.980. The van der Waals surface area contributed by atoms with Crippen LogP contribution < -0.4 is 11.3 Å². The first-order valence-corrected chi connectivity index (χ1v) is 6.04. The van der Waals surface area contributed by atoms with E-state index in [1.165, 1.54) is 0 Å². The molecule has 2 aromatic rings. The summed E-state index contributed by atoms with van der Waals surface area (Å²) >= 11 is 6.86. The molecule has 0 aliphatic rings. The van der Waals surface area contributed by atoms with Gasteiger partial charge in [-0.2, -0.15) is 0 Å². The zero-order chi connectivity index (χ0) is 11.5. The minimum atomic E-state index is 0.553. The molecule has 0 saturated heterocycles. The summed E-state index contributed by atoms with van der Waals surface area (Å²) in [4.78, 5) is 8.35. The Labute approximate surface area is 110 Å². The lowest BCUT2D eigenvalue weighted by Crippen LogP contribution is -2.10. The van der Waals surface area contributed by atoms with Gasteiger partial charge in [-0.25, -0.2) is 10.8 Å². The Bertz CT molecular complexity index is 516. The van der Waals surface area contributed by atoms with Crippen molar-refractivity contribution in [3.8, 4) is 11.3 Å². The third-order valence-electron chi connectivity index (χ3n) is 2.03. The number of nitrogens with one attached hydrogen (secondary N) is 1. The Balaban J connectivity index is 2.54. The second-order valence-electron chi connectivity index (χ2n) is 3.03. The molecule has 82 valence electrons. The van der Waals surface area contributed by atoms with Gasteiger partial charge in [0.1, 0.15) is 5.69 Å². The number of halogens is 2. The quantitative estimate of drug-likeness (QED) is 0.650. The molecule has 0 saturated carbocycles. The van der Waals surface area contributed by atoms with E-state index in [0.29, 0.717) is 5.82 Å². The van der Waals surface area contributed by atoms with Crippen molar-refractivity contribution < 1.29 is 0 Å². The molecule has 1 aromatic carbocycles. The molecular weight excluding hydrogens is 336 g/mol. The van der Waals surface area contributed by atoms with E-state index < -0.39 is 0 Å². The van der Waals surface area contributed by atoms with Gasteiger partial charge in [-0.1, -0.05) is 6.07 Å². The van der Waals surface area contributed by atoms with Gasteiger partial charge in [-0.05, 0) is 44.0 Å². The second-order valence-corrected chi connectivity index (χ2v) is 4.74. The predicted molar refractivity (Wildman–Crippen MR) is 70.7 cm³/mol. The summed E-state index contributed by atoms with van der Waals surface area (Å²) in [5.41, 5.74) is 4.19. The van der Waals surface area contributed by atoms with Crippen molar-refractivity contribution >= 4 is 37.7 Å². The van der Waals surface area contributed by atoms with Gasteiger partial charge in [0, 0.05) is 26.9 Å². The van der Waals surface area contributed by atoms with Crippen LogP contribution in [-0.2, 0) is 0 Å². The van der Waals surface area contributed by atoms with Crippen molar-refractivity contribution in [2.45, 2.75) is 0 Å². The summed E-state index contributed by atoms with van der Waals surface area (Å²) in [6, 6.07) is 5.84. The molecule has 0 radical (unpaired) electrons. The maximum atomic E-state index is 5.38. The molecule has 6 heteroatoms. The average molecular weight is 344 g/mol. The molecule has 1 heterocycles. The van der Waals surface area contributed by atoms with Crippen LogP contribution in [-0.4, -0.2) is 9.97 Å². The van der Waals surface area contributed by atoms with Crippen molar-refractivity contribution in [2.75, 3.05) is 5.43 Å². The Morgan fingerprint density at radius 3 is 2.50 bits per heavy atom. The highest BCUT2D eigenvalue weighted by Crippen LogP contribution is 2.30. The van der Waals surface area contributed by atoms with Crippen LogP contribution in [0.4, 0.5) is 5.82 Å². The van der Waals surface area contributed by atoms with Gasteiger partial charge < -0.3 is 5.43 Å². The number of anilines is 1. The number of nitrogens with zero attached hydrogens (tertiary/aromatic N) is 2. The molecule has 16 heavy (non-hydrogen) atoms. The summed E-state index contributed by atoms with van der Waals surface area (Å²) in [6.45, 7) is 0. The smallest absolute Gasteiger partial charge is 0.166 e. The van der Waals surface area contributed by atoms with Gasteiger partial charge in [0.2, 0.25) is 0 Å². The summed E-state index contributed by atoms with van der Waals surface area (Å²) in [6.07, 6.45) is 3.22. The number of nitrogens with two attached hydrogens (primary N) is 1. The lowest BCUT2D eigenvalue weighted by Gasteiger charge is -2.07. The Morgan fingerprint density at radius 2 is 1.81 bits per heavy atom. The number of nitrogen functional groups attached to an aromatic ring is 1. The van der Waals surface area contributed by atoms with E-state index in [4.69, 9.17) is 5.84 Å². The third kappa shape index (κ3) is 2.23. The van der Waals surface area contributed by atoms with Gasteiger partial charge >= 0.3 is 0 Å². The van der Waals surface area contributed by atoms with Crippen LogP contribution in [0.2, 0.25) is 0 Å². The molecule has 0 fully saturated rings. The fraction of sp³-hybridized carbons (Fsp3) is 0. The van der Waals surface area contributed by atoms with Gasteiger partial charge in [0.15, 0.2) is 5.82 Å². The van der Waals surface area contributed by atoms with Crippen LogP contribution in [0.3, 0.4) is 0 Å². The molecule has 2 rings (SSSR count). The summed E-state index contributed by atoms with van der Waals surface area (Å²) in [5.74, 6) is 5.93. The fourth-order valence-corrected chi connectivity index (χ4v) is 1.92.